The Morgan fingerprint density at radius 2 is 2.12 bits per heavy atom. The van der Waals surface area contributed by atoms with Crippen LogP contribution in [0, 0.1) is 0 Å². The predicted octanol–water partition coefficient (Wildman–Crippen LogP) is 4.19. The third kappa shape index (κ3) is 3.87. The van der Waals surface area contributed by atoms with Gasteiger partial charge in [0.1, 0.15) is 0 Å². The van der Waals surface area contributed by atoms with Gasteiger partial charge in [-0.2, -0.15) is 0 Å². The standard InChI is InChI=1S/C12H14BrCl2NO/c1-2-7-16(8-6-14)12(17)9-4-3-5-10(13)11(9)15/h3-5H,2,6-8H2,1H3. The zero-order valence-electron chi connectivity index (χ0n) is 9.55. The number of amides is 1. The number of hydrogen-bond donors (Lipinski definition) is 0. The van der Waals surface area contributed by atoms with Crippen molar-refractivity contribution >= 4 is 45.0 Å². The van der Waals surface area contributed by atoms with Crippen molar-refractivity contribution in [3.05, 3.63) is 33.3 Å². The monoisotopic (exact) mass is 337 g/mol. The van der Waals surface area contributed by atoms with E-state index in [9.17, 15) is 4.79 Å². The van der Waals surface area contributed by atoms with Gasteiger partial charge in [0.2, 0.25) is 0 Å². The van der Waals surface area contributed by atoms with E-state index in [2.05, 4.69) is 15.9 Å². The molecular weight excluding hydrogens is 325 g/mol. The van der Waals surface area contributed by atoms with Gasteiger partial charge < -0.3 is 4.90 Å². The van der Waals surface area contributed by atoms with E-state index in [1.54, 1.807) is 17.0 Å². The third-order valence-electron chi connectivity index (χ3n) is 2.32. The topological polar surface area (TPSA) is 20.3 Å². The van der Waals surface area contributed by atoms with Crippen molar-refractivity contribution in [1.29, 1.82) is 0 Å². The first-order valence-electron chi connectivity index (χ1n) is 5.41. The molecule has 0 bridgehead atoms. The van der Waals surface area contributed by atoms with Crippen molar-refractivity contribution in [2.24, 2.45) is 0 Å². The quantitative estimate of drug-likeness (QED) is 0.737. The zero-order chi connectivity index (χ0) is 12.8. The van der Waals surface area contributed by atoms with Crippen LogP contribution in [0.25, 0.3) is 0 Å². The molecular formula is C12H14BrCl2NO. The molecule has 1 amide bonds. The summed E-state index contributed by atoms with van der Waals surface area (Å²) in [5, 5.41) is 0.452. The van der Waals surface area contributed by atoms with Gasteiger partial charge in [-0.1, -0.05) is 24.6 Å². The fraction of sp³-hybridized carbons (Fsp3) is 0.417. The second-order valence-electron chi connectivity index (χ2n) is 3.58. The molecule has 0 saturated carbocycles. The highest BCUT2D eigenvalue weighted by molar-refractivity contribution is 9.10. The van der Waals surface area contributed by atoms with Gasteiger partial charge >= 0.3 is 0 Å². The Bertz CT molecular complexity index is 392. The molecule has 0 radical (unpaired) electrons. The maximum atomic E-state index is 12.3. The lowest BCUT2D eigenvalue weighted by molar-refractivity contribution is 0.0765. The molecule has 94 valence electrons. The Kier molecular flexibility index (Phi) is 6.31. The zero-order valence-corrected chi connectivity index (χ0v) is 12.6. The highest BCUT2D eigenvalue weighted by atomic mass is 79.9. The van der Waals surface area contributed by atoms with E-state index in [0.717, 1.165) is 10.9 Å². The van der Waals surface area contributed by atoms with E-state index < -0.39 is 0 Å². The van der Waals surface area contributed by atoms with Crippen molar-refractivity contribution in [2.45, 2.75) is 13.3 Å². The highest BCUT2D eigenvalue weighted by Crippen LogP contribution is 2.27. The molecule has 0 N–H and O–H groups in total. The van der Waals surface area contributed by atoms with Crippen molar-refractivity contribution in [3.63, 3.8) is 0 Å². The van der Waals surface area contributed by atoms with Crippen molar-refractivity contribution < 1.29 is 4.79 Å². The Morgan fingerprint density at radius 3 is 2.71 bits per heavy atom. The van der Waals surface area contributed by atoms with Crippen molar-refractivity contribution in [3.8, 4) is 0 Å². The molecule has 0 heterocycles. The summed E-state index contributed by atoms with van der Waals surface area (Å²) in [7, 11) is 0. The fourth-order valence-electron chi connectivity index (χ4n) is 1.53. The van der Waals surface area contributed by atoms with Crippen LogP contribution in [-0.4, -0.2) is 29.8 Å². The number of carbonyl (C=O) groups excluding carboxylic acids is 1. The molecule has 17 heavy (non-hydrogen) atoms. The van der Waals surface area contributed by atoms with Gasteiger partial charge in [0.25, 0.3) is 5.91 Å². The predicted molar refractivity (Wildman–Crippen MR) is 76.1 cm³/mol. The number of carbonyl (C=O) groups is 1. The molecule has 1 aromatic carbocycles. The third-order valence-corrected chi connectivity index (χ3v) is 3.78. The molecule has 0 aliphatic rings. The average molecular weight is 339 g/mol. The summed E-state index contributed by atoms with van der Waals surface area (Å²) < 4.78 is 0.729. The van der Waals surface area contributed by atoms with Crippen molar-refractivity contribution in [2.75, 3.05) is 19.0 Å². The number of rotatable bonds is 5. The lowest BCUT2D eigenvalue weighted by Gasteiger charge is -2.21. The van der Waals surface area contributed by atoms with Crippen LogP contribution in [0.15, 0.2) is 22.7 Å². The summed E-state index contributed by atoms with van der Waals surface area (Å²) in [6.07, 6.45) is 0.897. The SMILES string of the molecule is CCCN(CCCl)C(=O)c1cccc(Br)c1Cl. The fourth-order valence-corrected chi connectivity index (χ4v) is 2.30. The van der Waals surface area contributed by atoms with Crippen LogP contribution >= 0.6 is 39.1 Å². The Balaban J connectivity index is 2.96. The Hall–Kier alpha value is -0.250. The first-order chi connectivity index (χ1) is 8.11. The molecule has 1 rings (SSSR count). The van der Waals surface area contributed by atoms with Crippen molar-refractivity contribution in [1.82, 2.24) is 4.90 Å². The number of nitrogens with zero attached hydrogens (tertiary/aromatic N) is 1. The summed E-state index contributed by atoms with van der Waals surface area (Å²) >= 11 is 15.1. The van der Waals surface area contributed by atoms with E-state index in [1.807, 2.05) is 13.0 Å². The van der Waals surface area contributed by atoms with Gasteiger partial charge in [-0.05, 0) is 34.5 Å². The second-order valence-corrected chi connectivity index (χ2v) is 5.19. The van der Waals surface area contributed by atoms with Gasteiger partial charge in [0.15, 0.2) is 0 Å². The average Bonchev–Trinajstić information content (AvgIpc) is 2.31. The molecule has 0 fully saturated rings. The molecule has 0 aliphatic carbocycles. The Morgan fingerprint density at radius 1 is 1.41 bits per heavy atom. The minimum atomic E-state index is -0.0706. The molecule has 1 aromatic rings. The van der Waals surface area contributed by atoms with Gasteiger partial charge in [-0.15, -0.1) is 11.6 Å². The number of benzene rings is 1. The van der Waals surface area contributed by atoms with Crippen LogP contribution in [0.2, 0.25) is 5.02 Å². The highest BCUT2D eigenvalue weighted by Gasteiger charge is 2.18. The molecule has 0 saturated heterocycles. The first kappa shape index (κ1) is 14.8. The van der Waals surface area contributed by atoms with Gasteiger partial charge in [0.05, 0.1) is 10.6 Å². The van der Waals surface area contributed by atoms with E-state index in [0.29, 0.717) is 29.6 Å². The summed E-state index contributed by atoms with van der Waals surface area (Å²) in [6, 6.07) is 5.34. The molecule has 0 unspecified atom stereocenters. The maximum absolute atomic E-state index is 12.3. The Labute approximate surface area is 120 Å². The van der Waals surface area contributed by atoms with E-state index in [1.165, 1.54) is 0 Å². The minimum absolute atomic E-state index is 0.0706. The number of alkyl halides is 1. The second kappa shape index (κ2) is 7.24. The summed E-state index contributed by atoms with van der Waals surface area (Å²) in [6.45, 7) is 3.25. The van der Waals surface area contributed by atoms with Crippen LogP contribution in [0.5, 0.6) is 0 Å². The lowest BCUT2D eigenvalue weighted by Crippen LogP contribution is -2.33. The first-order valence-corrected chi connectivity index (χ1v) is 7.11. The van der Waals surface area contributed by atoms with Crippen LogP contribution < -0.4 is 0 Å². The van der Waals surface area contributed by atoms with Gasteiger partial charge in [-0.25, -0.2) is 0 Å². The maximum Gasteiger partial charge on any atom is 0.255 e. The summed E-state index contributed by atoms with van der Waals surface area (Å²) in [5.74, 6) is 0.357. The normalized spacial score (nSPS) is 10.4. The molecule has 0 spiro atoms. The molecule has 0 atom stereocenters. The van der Waals surface area contributed by atoms with E-state index in [-0.39, 0.29) is 5.91 Å². The number of hydrogen-bond acceptors (Lipinski definition) is 1. The van der Waals surface area contributed by atoms with Crippen LogP contribution in [0.4, 0.5) is 0 Å². The number of halogens is 3. The summed E-state index contributed by atoms with van der Waals surface area (Å²) in [4.78, 5) is 14.0. The smallest absolute Gasteiger partial charge is 0.255 e. The molecule has 0 aliphatic heterocycles. The lowest BCUT2D eigenvalue weighted by atomic mass is 10.2. The van der Waals surface area contributed by atoms with Crippen LogP contribution in [-0.2, 0) is 0 Å². The summed E-state index contributed by atoms with van der Waals surface area (Å²) in [5.41, 5.74) is 0.514. The van der Waals surface area contributed by atoms with Gasteiger partial charge in [-0.3, -0.25) is 4.79 Å². The largest absolute Gasteiger partial charge is 0.337 e. The van der Waals surface area contributed by atoms with E-state index in [4.69, 9.17) is 23.2 Å². The molecule has 0 aromatic heterocycles. The van der Waals surface area contributed by atoms with E-state index >= 15 is 0 Å². The molecule has 5 heteroatoms. The minimum Gasteiger partial charge on any atom is -0.337 e. The van der Waals surface area contributed by atoms with Gasteiger partial charge in [0, 0.05) is 23.4 Å². The van der Waals surface area contributed by atoms with Crippen LogP contribution in [0.1, 0.15) is 23.7 Å². The molecule has 2 nitrogen and oxygen atoms in total. The van der Waals surface area contributed by atoms with Crippen LogP contribution in [0.3, 0.4) is 0 Å².